The van der Waals surface area contributed by atoms with Crippen molar-refractivity contribution in [3.8, 4) is 0 Å². The standard InChI is InChI=1S/C24H26N2O4S2/c1-17-14-18(2)24(19(3)15-17)31(27,28)25-21-11-12-23-20(16-21)8-7-13-26(23)32(29,30)22-9-5-4-6-10-22/h4-6,9-12,14-16,25H,7-8,13H2,1-3H3. The van der Waals surface area contributed by atoms with Gasteiger partial charge in [0.25, 0.3) is 20.0 Å². The van der Waals surface area contributed by atoms with Crippen molar-refractivity contribution >= 4 is 31.4 Å². The topological polar surface area (TPSA) is 83.6 Å². The van der Waals surface area contributed by atoms with Crippen LogP contribution in [0.25, 0.3) is 0 Å². The maximum Gasteiger partial charge on any atom is 0.264 e. The Kier molecular flexibility index (Phi) is 5.77. The first kappa shape index (κ1) is 22.4. The lowest BCUT2D eigenvalue weighted by atomic mass is 10.0. The van der Waals surface area contributed by atoms with E-state index in [-0.39, 0.29) is 9.79 Å². The monoisotopic (exact) mass is 470 g/mol. The zero-order valence-electron chi connectivity index (χ0n) is 18.3. The summed E-state index contributed by atoms with van der Waals surface area (Å²) in [5.41, 5.74) is 4.19. The molecule has 1 heterocycles. The minimum atomic E-state index is -3.78. The molecular formula is C24H26N2O4S2. The molecule has 0 amide bonds. The highest BCUT2D eigenvalue weighted by atomic mass is 32.2. The largest absolute Gasteiger partial charge is 0.280 e. The number of sulfonamides is 2. The van der Waals surface area contributed by atoms with Crippen molar-refractivity contribution in [3.63, 3.8) is 0 Å². The molecule has 0 spiro atoms. The molecule has 0 fully saturated rings. The van der Waals surface area contributed by atoms with Crippen LogP contribution in [0.2, 0.25) is 0 Å². The summed E-state index contributed by atoms with van der Waals surface area (Å²) in [5.74, 6) is 0. The highest BCUT2D eigenvalue weighted by molar-refractivity contribution is 7.93. The highest BCUT2D eigenvalue weighted by Gasteiger charge is 2.29. The Hall–Kier alpha value is -2.84. The zero-order valence-corrected chi connectivity index (χ0v) is 19.9. The molecule has 0 radical (unpaired) electrons. The minimum Gasteiger partial charge on any atom is -0.280 e. The minimum absolute atomic E-state index is 0.239. The fraction of sp³-hybridized carbons (Fsp3) is 0.250. The summed E-state index contributed by atoms with van der Waals surface area (Å²) in [6.45, 7) is 5.89. The van der Waals surface area contributed by atoms with E-state index in [4.69, 9.17) is 0 Å². The fourth-order valence-corrected chi connectivity index (χ4v) is 7.46. The number of hydrogen-bond acceptors (Lipinski definition) is 4. The molecular weight excluding hydrogens is 444 g/mol. The van der Waals surface area contributed by atoms with Gasteiger partial charge in [0, 0.05) is 12.2 Å². The van der Waals surface area contributed by atoms with Gasteiger partial charge in [-0.25, -0.2) is 16.8 Å². The molecule has 0 unspecified atom stereocenters. The van der Waals surface area contributed by atoms with E-state index in [1.165, 1.54) is 4.31 Å². The van der Waals surface area contributed by atoms with E-state index in [0.717, 1.165) is 11.1 Å². The van der Waals surface area contributed by atoms with Crippen molar-refractivity contribution in [2.75, 3.05) is 15.6 Å². The Balaban J connectivity index is 1.68. The number of anilines is 2. The van der Waals surface area contributed by atoms with Crippen LogP contribution in [0.5, 0.6) is 0 Å². The van der Waals surface area contributed by atoms with E-state index >= 15 is 0 Å². The predicted molar refractivity (Wildman–Crippen MR) is 127 cm³/mol. The normalized spacial score (nSPS) is 14.2. The number of fused-ring (bicyclic) bond motifs is 1. The second-order valence-corrected chi connectivity index (χ2v) is 11.7. The Morgan fingerprint density at radius 2 is 1.50 bits per heavy atom. The summed E-state index contributed by atoms with van der Waals surface area (Å²) in [7, 11) is -7.47. The molecule has 0 aromatic heterocycles. The second-order valence-electron chi connectivity index (χ2n) is 8.17. The molecule has 0 aliphatic carbocycles. The van der Waals surface area contributed by atoms with Gasteiger partial charge in [-0.2, -0.15) is 0 Å². The van der Waals surface area contributed by atoms with Crippen molar-refractivity contribution in [2.24, 2.45) is 0 Å². The lowest BCUT2D eigenvalue weighted by molar-refractivity contribution is 0.586. The first-order valence-corrected chi connectivity index (χ1v) is 13.3. The van der Waals surface area contributed by atoms with Crippen LogP contribution >= 0.6 is 0 Å². The van der Waals surface area contributed by atoms with Gasteiger partial charge in [0.15, 0.2) is 0 Å². The van der Waals surface area contributed by atoms with Crippen molar-refractivity contribution in [1.82, 2.24) is 0 Å². The zero-order chi connectivity index (χ0) is 23.1. The average Bonchev–Trinajstić information content (AvgIpc) is 2.72. The molecule has 168 valence electrons. The summed E-state index contributed by atoms with van der Waals surface area (Å²) in [5, 5.41) is 0. The van der Waals surface area contributed by atoms with Crippen LogP contribution in [0, 0.1) is 20.8 Å². The molecule has 1 aliphatic heterocycles. The van der Waals surface area contributed by atoms with Gasteiger partial charge in [0.1, 0.15) is 0 Å². The van der Waals surface area contributed by atoms with Crippen molar-refractivity contribution in [1.29, 1.82) is 0 Å². The van der Waals surface area contributed by atoms with Crippen LogP contribution in [0.4, 0.5) is 11.4 Å². The first-order valence-electron chi connectivity index (χ1n) is 10.4. The van der Waals surface area contributed by atoms with Crippen molar-refractivity contribution < 1.29 is 16.8 Å². The van der Waals surface area contributed by atoms with Crippen LogP contribution < -0.4 is 9.03 Å². The molecule has 8 heteroatoms. The van der Waals surface area contributed by atoms with Crippen LogP contribution in [-0.2, 0) is 26.5 Å². The molecule has 3 aromatic rings. The summed E-state index contributed by atoms with van der Waals surface area (Å²) in [6, 6.07) is 17.1. The molecule has 0 atom stereocenters. The van der Waals surface area contributed by atoms with Crippen molar-refractivity contribution in [2.45, 2.75) is 43.4 Å². The summed E-state index contributed by atoms with van der Waals surface area (Å²) >= 11 is 0. The molecule has 1 N–H and O–H groups in total. The number of rotatable bonds is 5. The third-order valence-electron chi connectivity index (χ3n) is 5.61. The molecule has 4 rings (SSSR count). The quantitative estimate of drug-likeness (QED) is 0.593. The molecule has 6 nitrogen and oxygen atoms in total. The third kappa shape index (κ3) is 4.12. The Morgan fingerprint density at radius 3 is 2.16 bits per heavy atom. The van der Waals surface area contributed by atoms with Crippen LogP contribution in [0.15, 0.2) is 70.5 Å². The number of nitrogens with one attached hydrogen (secondary N) is 1. The van der Waals surface area contributed by atoms with Gasteiger partial charge in [-0.05, 0) is 80.6 Å². The Morgan fingerprint density at radius 1 is 0.844 bits per heavy atom. The lowest BCUT2D eigenvalue weighted by Crippen LogP contribution is -2.35. The van der Waals surface area contributed by atoms with Gasteiger partial charge in [0.2, 0.25) is 0 Å². The summed E-state index contributed by atoms with van der Waals surface area (Å²) in [4.78, 5) is 0.511. The fourth-order valence-electron chi connectivity index (χ4n) is 4.39. The SMILES string of the molecule is Cc1cc(C)c(S(=O)(=O)Nc2ccc3c(c2)CCCN3S(=O)(=O)c2ccccc2)c(C)c1. The van der Waals surface area contributed by atoms with Crippen LogP contribution in [-0.4, -0.2) is 23.4 Å². The van der Waals surface area contributed by atoms with Gasteiger partial charge < -0.3 is 0 Å². The summed E-state index contributed by atoms with van der Waals surface area (Å²) < 4.78 is 56.6. The molecule has 0 saturated carbocycles. The van der Waals surface area contributed by atoms with Gasteiger partial charge in [-0.3, -0.25) is 9.03 Å². The van der Waals surface area contributed by atoms with E-state index in [9.17, 15) is 16.8 Å². The van der Waals surface area contributed by atoms with Gasteiger partial charge in [-0.1, -0.05) is 35.9 Å². The number of hydrogen-bond donors (Lipinski definition) is 1. The predicted octanol–water partition coefficient (Wildman–Crippen LogP) is 4.55. The van der Waals surface area contributed by atoms with E-state index in [0.29, 0.717) is 41.9 Å². The Labute approximate surface area is 190 Å². The number of aryl methyl sites for hydroxylation is 4. The van der Waals surface area contributed by atoms with Crippen LogP contribution in [0.1, 0.15) is 28.7 Å². The maximum atomic E-state index is 13.2. The lowest BCUT2D eigenvalue weighted by Gasteiger charge is -2.31. The molecule has 1 aliphatic rings. The average molecular weight is 471 g/mol. The molecule has 32 heavy (non-hydrogen) atoms. The number of benzene rings is 3. The Bertz CT molecular complexity index is 1360. The maximum absolute atomic E-state index is 13.2. The molecule has 0 saturated heterocycles. The van der Waals surface area contributed by atoms with E-state index < -0.39 is 20.0 Å². The second kappa shape index (κ2) is 8.26. The molecule has 0 bridgehead atoms. The smallest absolute Gasteiger partial charge is 0.264 e. The van der Waals surface area contributed by atoms with Crippen LogP contribution in [0.3, 0.4) is 0 Å². The van der Waals surface area contributed by atoms with E-state index in [2.05, 4.69) is 4.72 Å². The first-order chi connectivity index (χ1) is 15.1. The van der Waals surface area contributed by atoms with Gasteiger partial charge in [0.05, 0.1) is 15.5 Å². The number of nitrogens with zero attached hydrogens (tertiary/aromatic N) is 1. The highest BCUT2D eigenvalue weighted by Crippen LogP contribution is 2.34. The van der Waals surface area contributed by atoms with E-state index in [1.807, 2.05) is 19.1 Å². The summed E-state index contributed by atoms with van der Waals surface area (Å²) in [6.07, 6.45) is 1.33. The van der Waals surface area contributed by atoms with E-state index in [1.54, 1.807) is 62.4 Å². The van der Waals surface area contributed by atoms with Gasteiger partial charge >= 0.3 is 0 Å². The van der Waals surface area contributed by atoms with Crippen molar-refractivity contribution in [3.05, 3.63) is 82.9 Å². The molecule has 3 aromatic carbocycles. The third-order valence-corrected chi connectivity index (χ3v) is 9.13. The van der Waals surface area contributed by atoms with Gasteiger partial charge in [-0.15, -0.1) is 0 Å².